The molecule has 0 aromatic heterocycles. The minimum Gasteiger partial charge on any atom is -0.489 e. The number of carboxylic acids is 1. The number of anilines is 1. The van der Waals surface area contributed by atoms with Crippen molar-refractivity contribution in [3.05, 3.63) is 54.1 Å². The van der Waals surface area contributed by atoms with E-state index in [4.69, 9.17) is 19.3 Å². The van der Waals surface area contributed by atoms with Crippen molar-refractivity contribution < 1.29 is 28.9 Å². The molecule has 7 nitrogen and oxygen atoms in total. The van der Waals surface area contributed by atoms with Crippen molar-refractivity contribution in [1.82, 2.24) is 0 Å². The lowest BCUT2D eigenvalue weighted by Gasteiger charge is -2.23. The van der Waals surface area contributed by atoms with Crippen molar-refractivity contribution >= 4 is 17.6 Å². The van der Waals surface area contributed by atoms with Crippen LogP contribution in [-0.4, -0.2) is 42.9 Å². The van der Waals surface area contributed by atoms with Gasteiger partial charge in [-0.25, -0.2) is 4.79 Å². The molecule has 2 aromatic rings. The summed E-state index contributed by atoms with van der Waals surface area (Å²) in [7, 11) is 0. The van der Waals surface area contributed by atoms with Crippen molar-refractivity contribution in [1.29, 1.82) is 0 Å². The van der Waals surface area contributed by atoms with Gasteiger partial charge in [-0.05, 0) is 49.6 Å². The molecule has 28 heavy (non-hydrogen) atoms. The van der Waals surface area contributed by atoms with Crippen LogP contribution in [0, 0.1) is 0 Å². The third kappa shape index (κ3) is 5.72. The summed E-state index contributed by atoms with van der Waals surface area (Å²) in [5.41, 5.74) is 0.911. The average Bonchev–Trinajstić information content (AvgIpc) is 2.72. The van der Waals surface area contributed by atoms with Crippen LogP contribution in [0.3, 0.4) is 0 Å². The van der Waals surface area contributed by atoms with Crippen LogP contribution in [0.1, 0.15) is 29.6 Å². The SMILES string of the molecule is O=C(O)COc1cccc(C(=O)Nc2ccccc2OCC2CCCCO2)c1. The van der Waals surface area contributed by atoms with E-state index in [2.05, 4.69) is 5.32 Å². The van der Waals surface area contributed by atoms with Gasteiger partial charge in [-0.3, -0.25) is 4.79 Å². The standard InChI is InChI=1S/C21H23NO6/c23-20(24)14-27-16-8-5-6-15(12-16)21(25)22-18-9-1-2-10-19(18)28-13-17-7-3-4-11-26-17/h1-2,5-6,8-10,12,17H,3-4,7,11,13-14H2,(H,22,25)(H,23,24). The number of carbonyl (C=O) groups excluding carboxylic acids is 1. The van der Waals surface area contributed by atoms with E-state index in [-0.39, 0.29) is 12.0 Å². The summed E-state index contributed by atoms with van der Waals surface area (Å²) in [5.74, 6) is -0.536. The summed E-state index contributed by atoms with van der Waals surface area (Å²) >= 11 is 0. The summed E-state index contributed by atoms with van der Waals surface area (Å²) < 4.78 is 16.7. The first-order valence-electron chi connectivity index (χ1n) is 9.21. The van der Waals surface area contributed by atoms with E-state index >= 15 is 0 Å². The smallest absolute Gasteiger partial charge is 0.341 e. The normalized spacial score (nSPS) is 16.2. The maximum atomic E-state index is 12.6. The van der Waals surface area contributed by atoms with Crippen LogP contribution >= 0.6 is 0 Å². The van der Waals surface area contributed by atoms with Gasteiger partial charge in [0.1, 0.15) is 18.1 Å². The zero-order valence-corrected chi connectivity index (χ0v) is 15.4. The highest BCUT2D eigenvalue weighted by molar-refractivity contribution is 6.05. The molecule has 0 radical (unpaired) electrons. The lowest BCUT2D eigenvalue weighted by Crippen LogP contribution is -2.26. The number of nitrogens with one attached hydrogen (secondary N) is 1. The fraction of sp³-hybridized carbons (Fsp3) is 0.333. The largest absolute Gasteiger partial charge is 0.489 e. The molecule has 7 heteroatoms. The van der Waals surface area contributed by atoms with Gasteiger partial charge in [-0.2, -0.15) is 0 Å². The molecular weight excluding hydrogens is 362 g/mol. The first-order valence-corrected chi connectivity index (χ1v) is 9.21. The Balaban J connectivity index is 1.63. The maximum Gasteiger partial charge on any atom is 0.341 e. The molecule has 1 aliphatic heterocycles. The summed E-state index contributed by atoms with van der Waals surface area (Å²) in [4.78, 5) is 23.2. The second-order valence-corrected chi connectivity index (χ2v) is 6.46. The molecule has 1 unspecified atom stereocenters. The molecule has 1 atom stereocenters. The molecule has 2 aromatic carbocycles. The number of benzene rings is 2. The van der Waals surface area contributed by atoms with Crippen molar-refractivity contribution in [2.45, 2.75) is 25.4 Å². The molecule has 1 saturated heterocycles. The van der Waals surface area contributed by atoms with Gasteiger partial charge in [0.2, 0.25) is 0 Å². The third-order valence-electron chi connectivity index (χ3n) is 4.29. The highest BCUT2D eigenvalue weighted by atomic mass is 16.5. The lowest BCUT2D eigenvalue weighted by atomic mass is 10.1. The zero-order valence-electron chi connectivity index (χ0n) is 15.4. The molecule has 1 aliphatic rings. The monoisotopic (exact) mass is 385 g/mol. The fourth-order valence-corrected chi connectivity index (χ4v) is 2.88. The molecular formula is C21H23NO6. The summed E-state index contributed by atoms with van der Waals surface area (Å²) in [6.07, 6.45) is 3.25. The first kappa shape index (κ1) is 19.7. The number of carboxylic acid groups (broad SMARTS) is 1. The van der Waals surface area contributed by atoms with Gasteiger partial charge >= 0.3 is 5.97 Å². The van der Waals surface area contributed by atoms with E-state index in [1.165, 1.54) is 6.07 Å². The lowest BCUT2D eigenvalue weighted by molar-refractivity contribution is -0.139. The van der Waals surface area contributed by atoms with Gasteiger partial charge in [0.05, 0.1) is 11.8 Å². The van der Waals surface area contributed by atoms with Gasteiger partial charge < -0.3 is 24.6 Å². The first-order chi connectivity index (χ1) is 13.6. The van der Waals surface area contributed by atoms with Gasteiger partial charge in [0.15, 0.2) is 6.61 Å². The Bertz CT molecular complexity index is 816. The number of rotatable bonds is 8. The third-order valence-corrected chi connectivity index (χ3v) is 4.29. The summed E-state index contributed by atoms with van der Waals surface area (Å²) in [5, 5.41) is 11.5. The van der Waals surface area contributed by atoms with E-state index in [9.17, 15) is 9.59 Å². The number of hydrogen-bond acceptors (Lipinski definition) is 5. The van der Waals surface area contributed by atoms with Crippen LogP contribution in [0.4, 0.5) is 5.69 Å². The number of carbonyl (C=O) groups is 2. The molecule has 1 fully saturated rings. The van der Waals surface area contributed by atoms with Gasteiger partial charge in [0, 0.05) is 12.2 Å². The summed E-state index contributed by atoms with van der Waals surface area (Å²) in [6, 6.07) is 13.6. The average molecular weight is 385 g/mol. The van der Waals surface area contributed by atoms with E-state index in [0.717, 1.165) is 25.9 Å². The van der Waals surface area contributed by atoms with Crippen LogP contribution in [0.5, 0.6) is 11.5 Å². The van der Waals surface area contributed by atoms with Crippen molar-refractivity contribution in [3.8, 4) is 11.5 Å². The van der Waals surface area contributed by atoms with Crippen LogP contribution in [-0.2, 0) is 9.53 Å². The van der Waals surface area contributed by atoms with Gasteiger partial charge in [0.25, 0.3) is 5.91 Å². The molecule has 0 bridgehead atoms. The fourth-order valence-electron chi connectivity index (χ4n) is 2.88. The second-order valence-electron chi connectivity index (χ2n) is 6.46. The molecule has 0 aliphatic carbocycles. The second kappa shape index (κ2) is 9.75. The number of amides is 1. The van der Waals surface area contributed by atoms with Crippen LogP contribution in [0.15, 0.2) is 48.5 Å². The van der Waals surface area contributed by atoms with Gasteiger partial charge in [-0.1, -0.05) is 18.2 Å². The Morgan fingerprint density at radius 1 is 1.11 bits per heavy atom. The maximum absolute atomic E-state index is 12.6. The summed E-state index contributed by atoms with van der Waals surface area (Å²) in [6.45, 7) is 0.725. The number of aliphatic carboxylic acids is 1. The predicted molar refractivity (Wildman–Crippen MR) is 103 cm³/mol. The zero-order chi connectivity index (χ0) is 19.8. The number of para-hydroxylation sites is 2. The van der Waals surface area contributed by atoms with E-state index in [1.54, 1.807) is 30.3 Å². The molecule has 2 N–H and O–H groups in total. The van der Waals surface area contributed by atoms with Gasteiger partial charge in [-0.15, -0.1) is 0 Å². The minimum atomic E-state index is -1.08. The van der Waals surface area contributed by atoms with Crippen molar-refractivity contribution in [2.24, 2.45) is 0 Å². The van der Waals surface area contributed by atoms with E-state index in [1.807, 2.05) is 12.1 Å². The number of ether oxygens (including phenoxy) is 3. The number of hydrogen-bond donors (Lipinski definition) is 2. The molecule has 0 spiro atoms. The molecule has 1 heterocycles. The Kier molecular flexibility index (Phi) is 6.86. The van der Waals surface area contributed by atoms with Crippen molar-refractivity contribution in [2.75, 3.05) is 25.1 Å². The Labute approximate surface area is 163 Å². The quantitative estimate of drug-likeness (QED) is 0.724. The Morgan fingerprint density at radius 3 is 2.75 bits per heavy atom. The molecule has 1 amide bonds. The van der Waals surface area contributed by atoms with E-state index in [0.29, 0.717) is 29.4 Å². The van der Waals surface area contributed by atoms with Crippen molar-refractivity contribution in [3.63, 3.8) is 0 Å². The van der Waals surface area contributed by atoms with Crippen LogP contribution < -0.4 is 14.8 Å². The minimum absolute atomic E-state index is 0.0700. The predicted octanol–water partition coefficient (Wildman–Crippen LogP) is 3.35. The Morgan fingerprint density at radius 2 is 1.96 bits per heavy atom. The highest BCUT2D eigenvalue weighted by Crippen LogP contribution is 2.26. The molecule has 148 valence electrons. The Hall–Kier alpha value is -3.06. The van der Waals surface area contributed by atoms with Crippen LogP contribution in [0.2, 0.25) is 0 Å². The van der Waals surface area contributed by atoms with Crippen LogP contribution in [0.25, 0.3) is 0 Å². The topological polar surface area (TPSA) is 94.1 Å². The highest BCUT2D eigenvalue weighted by Gasteiger charge is 2.16. The molecule has 3 rings (SSSR count). The molecule has 0 saturated carbocycles. The van der Waals surface area contributed by atoms with E-state index < -0.39 is 12.6 Å².